The molecular formula is C14H11BrFN3O. The third-order valence-corrected chi connectivity index (χ3v) is 3.76. The fourth-order valence-electron chi connectivity index (χ4n) is 2.14. The molecule has 0 aliphatic carbocycles. The maximum Gasteiger partial charge on any atom is 0.228 e. The van der Waals surface area contributed by atoms with Crippen LogP contribution in [0.25, 0.3) is 0 Å². The Labute approximate surface area is 123 Å². The predicted octanol–water partition coefficient (Wildman–Crippen LogP) is 3.41. The number of nitrogens with two attached hydrogens (primary N) is 1. The Morgan fingerprint density at radius 1 is 1.25 bits per heavy atom. The molecule has 0 bridgehead atoms. The summed E-state index contributed by atoms with van der Waals surface area (Å²) in [7, 11) is 0. The lowest BCUT2D eigenvalue weighted by Crippen LogP contribution is -2.03. The Morgan fingerprint density at radius 2 is 2.05 bits per heavy atom. The third-order valence-electron chi connectivity index (χ3n) is 3.10. The molecule has 1 aliphatic heterocycles. The topological polar surface area (TPSA) is 67.2 Å². The number of benzene rings is 2. The fraction of sp³-hybridized carbons (Fsp3) is 0.0714. The zero-order chi connectivity index (χ0) is 14.3. The molecule has 0 spiro atoms. The highest BCUT2D eigenvalue weighted by molar-refractivity contribution is 9.10. The van der Waals surface area contributed by atoms with Gasteiger partial charge in [0.05, 0.1) is 23.5 Å². The van der Waals surface area contributed by atoms with Gasteiger partial charge in [-0.25, -0.2) is 4.39 Å². The Balaban J connectivity index is 1.95. The number of hydrogen-bond donors (Lipinski definition) is 3. The summed E-state index contributed by atoms with van der Waals surface area (Å²) in [5.74, 6) is -0.365. The van der Waals surface area contributed by atoms with Crippen molar-refractivity contribution in [3.63, 3.8) is 0 Å². The lowest BCUT2D eigenvalue weighted by molar-refractivity contribution is -0.115. The monoisotopic (exact) mass is 335 g/mol. The molecule has 6 heteroatoms. The summed E-state index contributed by atoms with van der Waals surface area (Å²) in [4.78, 5) is 11.4. The van der Waals surface area contributed by atoms with Crippen LogP contribution in [0.3, 0.4) is 0 Å². The second-order valence-electron chi connectivity index (χ2n) is 4.57. The minimum absolute atomic E-state index is 0.0421. The van der Waals surface area contributed by atoms with Crippen molar-refractivity contribution in [2.24, 2.45) is 0 Å². The number of carbonyl (C=O) groups excluding carboxylic acids is 1. The maximum atomic E-state index is 13.1. The molecule has 1 aliphatic rings. The zero-order valence-corrected chi connectivity index (χ0v) is 11.9. The largest absolute Gasteiger partial charge is 0.397 e. The van der Waals surface area contributed by atoms with Crippen LogP contribution in [0.2, 0.25) is 0 Å². The van der Waals surface area contributed by atoms with Crippen LogP contribution in [0.1, 0.15) is 5.56 Å². The van der Waals surface area contributed by atoms with E-state index in [4.69, 9.17) is 5.73 Å². The Morgan fingerprint density at radius 3 is 2.80 bits per heavy atom. The molecule has 2 aromatic carbocycles. The van der Waals surface area contributed by atoms with Crippen molar-refractivity contribution >= 4 is 44.6 Å². The minimum atomic E-state index is -0.323. The van der Waals surface area contributed by atoms with E-state index in [9.17, 15) is 9.18 Å². The molecule has 0 saturated carbocycles. The summed E-state index contributed by atoms with van der Waals surface area (Å²) >= 11 is 3.29. The van der Waals surface area contributed by atoms with Crippen molar-refractivity contribution < 1.29 is 9.18 Å². The first-order valence-electron chi connectivity index (χ1n) is 5.97. The predicted molar refractivity (Wildman–Crippen MR) is 80.6 cm³/mol. The van der Waals surface area contributed by atoms with Crippen molar-refractivity contribution in [3.05, 3.63) is 46.2 Å². The second-order valence-corrected chi connectivity index (χ2v) is 5.43. The van der Waals surface area contributed by atoms with E-state index < -0.39 is 0 Å². The first-order valence-corrected chi connectivity index (χ1v) is 6.76. The molecule has 4 N–H and O–H groups in total. The van der Waals surface area contributed by atoms with E-state index in [1.165, 1.54) is 12.1 Å². The van der Waals surface area contributed by atoms with Gasteiger partial charge in [0, 0.05) is 10.2 Å². The van der Waals surface area contributed by atoms with Gasteiger partial charge in [0.25, 0.3) is 0 Å². The average molecular weight is 336 g/mol. The SMILES string of the molecule is Nc1cc2c(cc1Nc1ccc(F)cc1Br)NC(=O)C2. The van der Waals surface area contributed by atoms with Gasteiger partial charge < -0.3 is 16.4 Å². The quantitative estimate of drug-likeness (QED) is 0.737. The van der Waals surface area contributed by atoms with Crippen molar-refractivity contribution in [1.82, 2.24) is 0 Å². The van der Waals surface area contributed by atoms with Crippen LogP contribution in [0.5, 0.6) is 0 Å². The van der Waals surface area contributed by atoms with Crippen molar-refractivity contribution in [2.75, 3.05) is 16.4 Å². The van der Waals surface area contributed by atoms with Crippen LogP contribution in [-0.4, -0.2) is 5.91 Å². The van der Waals surface area contributed by atoms with Crippen LogP contribution in [0, 0.1) is 5.82 Å². The van der Waals surface area contributed by atoms with Gasteiger partial charge in [-0.1, -0.05) is 0 Å². The van der Waals surface area contributed by atoms with Gasteiger partial charge in [0.2, 0.25) is 5.91 Å². The lowest BCUT2D eigenvalue weighted by atomic mass is 10.1. The maximum absolute atomic E-state index is 13.1. The number of nitrogen functional groups attached to an aromatic ring is 1. The number of carbonyl (C=O) groups is 1. The van der Waals surface area contributed by atoms with Crippen LogP contribution in [0.4, 0.5) is 27.1 Å². The van der Waals surface area contributed by atoms with Crippen LogP contribution < -0.4 is 16.4 Å². The Kier molecular flexibility index (Phi) is 3.10. The van der Waals surface area contributed by atoms with Gasteiger partial charge in [-0.3, -0.25) is 4.79 Å². The Hall–Kier alpha value is -2.08. The summed E-state index contributed by atoms with van der Waals surface area (Å²) in [6.45, 7) is 0. The van der Waals surface area contributed by atoms with Crippen LogP contribution in [0.15, 0.2) is 34.8 Å². The van der Waals surface area contributed by atoms with Gasteiger partial charge in [-0.2, -0.15) is 0 Å². The molecule has 1 heterocycles. The summed E-state index contributed by atoms with van der Waals surface area (Å²) in [5, 5.41) is 5.89. The highest BCUT2D eigenvalue weighted by atomic mass is 79.9. The molecule has 1 amide bonds. The summed E-state index contributed by atoms with van der Waals surface area (Å²) < 4.78 is 13.7. The number of amides is 1. The first kappa shape index (κ1) is 12.9. The number of nitrogens with one attached hydrogen (secondary N) is 2. The van der Waals surface area contributed by atoms with E-state index >= 15 is 0 Å². The van der Waals surface area contributed by atoms with Crippen molar-refractivity contribution in [2.45, 2.75) is 6.42 Å². The van der Waals surface area contributed by atoms with E-state index in [0.717, 1.165) is 11.3 Å². The van der Waals surface area contributed by atoms with Crippen LogP contribution >= 0.6 is 15.9 Å². The molecule has 0 radical (unpaired) electrons. The Bertz CT molecular complexity index is 718. The molecular weight excluding hydrogens is 325 g/mol. The first-order chi connectivity index (χ1) is 9.52. The molecule has 2 aromatic rings. The number of fused-ring (bicyclic) bond motifs is 1. The average Bonchev–Trinajstić information content (AvgIpc) is 2.72. The molecule has 0 atom stereocenters. The van der Waals surface area contributed by atoms with Gasteiger partial charge in [0.15, 0.2) is 0 Å². The molecule has 0 fully saturated rings. The van der Waals surface area contributed by atoms with E-state index in [1.54, 1.807) is 18.2 Å². The molecule has 0 saturated heterocycles. The minimum Gasteiger partial charge on any atom is -0.397 e. The smallest absolute Gasteiger partial charge is 0.228 e. The van der Waals surface area contributed by atoms with Gasteiger partial charge in [0.1, 0.15) is 5.82 Å². The zero-order valence-electron chi connectivity index (χ0n) is 10.3. The van der Waals surface area contributed by atoms with Gasteiger partial charge in [-0.05, 0) is 51.8 Å². The second kappa shape index (κ2) is 4.79. The van der Waals surface area contributed by atoms with Crippen LogP contribution in [-0.2, 0) is 11.2 Å². The number of halogens is 2. The summed E-state index contributed by atoms with van der Waals surface area (Å²) in [6, 6.07) is 7.90. The third kappa shape index (κ3) is 2.34. The molecule has 4 nitrogen and oxygen atoms in total. The number of hydrogen-bond acceptors (Lipinski definition) is 3. The van der Waals surface area contributed by atoms with E-state index in [-0.39, 0.29) is 11.7 Å². The normalized spacial score (nSPS) is 13.0. The highest BCUT2D eigenvalue weighted by Crippen LogP contribution is 2.35. The van der Waals surface area contributed by atoms with E-state index in [2.05, 4.69) is 26.6 Å². The summed E-state index contributed by atoms with van der Waals surface area (Å²) in [6.07, 6.45) is 0.347. The van der Waals surface area contributed by atoms with E-state index in [1.807, 2.05) is 0 Å². The molecule has 0 unspecified atom stereocenters. The molecule has 102 valence electrons. The standard InChI is InChI=1S/C14H11BrFN3O/c15-9-5-8(16)1-2-11(9)18-13-6-12-7(3-10(13)17)4-14(20)19-12/h1-3,5-6,18H,4,17H2,(H,19,20). The van der Waals surface area contributed by atoms with Crippen molar-refractivity contribution in [3.8, 4) is 0 Å². The van der Waals surface area contributed by atoms with E-state index in [0.29, 0.717) is 28.0 Å². The van der Waals surface area contributed by atoms with Crippen molar-refractivity contribution in [1.29, 1.82) is 0 Å². The molecule has 3 rings (SSSR count). The number of rotatable bonds is 2. The highest BCUT2D eigenvalue weighted by Gasteiger charge is 2.19. The molecule has 20 heavy (non-hydrogen) atoms. The number of anilines is 4. The van der Waals surface area contributed by atoms with Gasteiger partial charge in [-0.15, -0.1) is 0 Å². The lowest BCUT2D eigenvalue weighted by Gasteiger charge is -2.13. The summed E-state index contributed by atoms with van der Waals surface area (Å²) in [5.41, 5.74) is 9.52. The molecule has 0 aromatic heterocycles. The fourth-order valence-corrected chi connectivity index (χ4v) is 2.59. The van der Waals surface area contributed by atoms with Gasteiger partial charge >= 0.3 is 0 Å².